The highest BCUT2D eigenvalue weighted by Gasteiger charge is 2.19. The van der Waals surface area contributed by atoms with Gasteiger partial charge in [-0.25, -0.2) is 0 Å². The molecule has 0 radical (unpaired) electrons. The van der Waals surface area contributed by atoms with Gasteiger partial charge in [0.15, 0.2) is 0 Å². The van der Waals surface area contributed by atoms with Gasteiger partial charge in [0.25, 0.3) is 0 Å². The maximum Gasteiger partial charge on any atom is 0.145 e. The van der Waals surface area contributed by atoms with E-state index in [0.29, 0.717) is 5.69 Å². The molecule has 0 aliphatic rings. The van der Waals surface area contributed by atoms with Gasteiger partial charge in [0.05, 0.1) is 12.8 Å². The molecular formula is C11H17NO. The number of anilines is 1. The summed E-state index contributed by atoms with van der Waals surface area (Å²) < 4.78 is 5.28. The van der Waals surface area contributed by atoms with Crippen LogP contribution in [-0.2, 0) is 5.41 Å². The van der Waals surface area contributed by atoms with Crippen LogP contribution < -0.4 is 10.5 Å². The zero-order chi connectivity index (χ0) is 10.1. The molecule has 0 saturated heterocycles. The molecule has 0 amide bonds. The molecule has 1 aromatic rings. The first kappa shape index (κ1) is 9.90. The van der Waals surface area contributed by atoms with Gasteiger partial charge in [-0.3, -0.25) is 0 Å². The topological polar surface area (TPSA) is 35.2 Å². The van der Waals surface area contributed by atoms with E-state index in [-0.39, 0.29) is 5.41 Å². The summed E-state index contributed by atoms with van der Waals surface area (Å²) in [5, 5.41) is 0. The number of hydrogen-bond donors (Lipinski definition) is 1. The van der Waals surface area contributed by atoms with Gasteiger partial charge < -0.3 is 10.5 Å². The predicted octanol–water partition coefficient (Wildman–Crippen LogP) is 2.57. The number of nitrogens with two attached hydrogens (primary N) is 1. The summed E-state index contributed by atoms with van der Waals surface area (Å²) in [6, 6.07) is 5.86. The van der Waals surface area contributed by atoms with E-state index in [1.165, 1.54) is 0 Å². The molecular weight excluding hydrogens is 162 g/mol. The minimum atomic E-state index is 0.0702. The number of methoxy groups -OCH3 is 1. The molecule has 1 aromatic carbocycles. The van der Waals surface area contributed by atoms with Crippen molar-refractivity contribution < 1.29 is 4.74 Å². The zero-order valence-electron chi connectivity index (χ0n) is 8.72. The molecule has 2 nitrogen and oxygen atoms in total. The Morgan fingerprint density at radius 3 is 2.23 bits per heavy atom. The summed E-state index contributed by atoms with van der Waals surface area (Å²) in [5.41, 5.74) is 7.73. The lowest BCUT2D eigenvalue weighted by molar-refractivity contribution is 0.400. The lowest BCUT2D eigenvalue weighted by atomic mass is 9.86. The van der Waals surface area contributed by atoms with Crippen LogP contribution in [0.15, 0.2) is 18.2 Å². The number of rotatable bonds is 1. The average molecular weight is 179 g/mol. The van der Waals surface area contributed by atoms with Crippen molar-refractivity contribution in [1.82, 2.24) is 0 Å². The Kier molecular flexibility index (Phi) is 2.50. The van der Waals surface area contributed by atoms with Gasteiger partial charge in [-0.05, 0) is 11.5 Å². The molecule has 0 fully saturated rings. The number of hydrogen-bond acceptors (Lipinski definition) is 2. The van der Waals surface area contributed by atoms with Crippen LogP contribution >= 0.6 is 0 Å². The van der Waals surface area contributed by atoms with Gasteiger partial charge in [0.2, 0.25) is 0 Å². The molecule has 72 valence electrons. The minimum absolute atomic E-state index is 0.0702. The summed E-state index contributed by atoms with van der Waals surface area (Å²) in [6.45, 7) is 6.43. The van der Waals surface area contributed by atoms with Gasteiger partial charge in [0, 0.05) is 5.56 Å². The van der Waals surface area contributed by atoms with Crippen LogP contribution in [0.25, 0.3) is 0 Å². The van der Waals surface area contributed by atoms with Crippen molar-refractivity contribution in [3.63, 3.8) is 0 Å². The zero-order valence-corrected chi connectivity index (χ0v) is 8.72. The summed E-state index contributed by atoms with van der Waals surface area (Å²) in [4.78, 5) is 0. The molecule has 0 saturated carbocycles. The Labute approximate surface area is 79.7 Å². The number of para-hydroxylation sites is 1. The van der Waals surface area contributed by atoms with Crippen LogP contribution in [-0.4, -0.2) is 7.11 Å². The molecule has 0 aliphatic heterocycles. The van der Waals surface area contributed by atoms with Crippen molar-refractivity contribution in [2.24, 2.45) is 0 Å². The van der Waals surface area contributed by atoms with Crippen LogP contribution in [0.2, 0.25) is 0 Å². The fourth-order valence-corrected chi connectivity index (χ4v) is 1.37. The summed E-state index contributed by atoms with van der Waals surface area (Å²) in [7, 11) is 1.65. The van der Waals surface area contributed by atoms with Crippen molar-refractivity contribution in [1.29, 1.82) is 0 Å². The third-order valence-corrected chi connectivity index (χ3v) is 2.06. The molecule has 1 rings (SSSR count). The molecule has 0 spiro atoms. The molecule has 13 heavy (non-hydrogen) atoms. The fraction of sp³-hybridized carbons (Fsp3) is 0.455. The molecule has 2 N–H and O–H groups in total. The Balaban J connectivity index is 3.29. The van der Waals surface area contributed by atoms with Crippen molar-refractivity contribution in [3.05, 3.63) is 23.8 Å². The maximum atomic E-state index is 5.80. The van der Waals surface area contributed by atoms with Gasteiger partial charge in [-0.15, -0.1) is 0 Å². The largest absolute Gasteiger partial charge is 0.494 e. The molecule has 0 bridgehead atoms. The molecule has 0 aromatic heterocycles. The van der Waals surface area contributed by atoms with Gasteiger partial charge >= 0.3 is 0 Å². The lowest BCUT2D eigenvalue weighted by Gasteiger charge is -2.22. The van der Waals surface area contributed by atoms with E-state index >= 15 is 0 Å². The molecule has 0 unspecified atom stereocenters. The second-order valence-corrected chi connectivity index (χ2v) is 4.18. The number of ether oxygens (including phenoxy) is 1. The Bertz CT molecular complexity index is 299. The SMILES string of the molecule is COc1c(N)cccc1C(C)(C)C. The van der Waals surface area contributed by atoms with E-state index in [1.54, 1.807) is 7.11 Å². The van der Waals surface area contributed by atoms with Crippen LogP contribution in [0.1, 0.15) is 26.3 Å². The second kappa shape index (κ2) is 3.29. The van der Waals surface area contributed by atoms with Gasteiger partial charge in [-0.2, -0.15) is 0 Å². The van der Waals surface area contributed by atoms with E-state index in [4.69, 9.17) is 10.5 Å². The van der Waals surface area contributed by atoms with E-state index < -0.39 is 0 Å². The van der Waals surface area contributed by atoms with Crippen molar-refractivity contribution in [3.8, 4) is 5.75 Å². The Morgan fingerprint density at radius 2 is 1.85 bits per heavy atom. The highest BCUT2D eigenvalue weighted by molar-refractivity contribution is 5.58. The Morgan fingerprint density at radius 1 is 1.23 bits per heavy atom. The second-order valence-electron chi connectivity index (χ2n) is 4.18. The van der Waals surface area contributed by atoms with E-state index in [1.807, 2.05) is 12.1 Å². The average Bonchev–Trinajstić information content (AvgIpc) is 2.02. The highest BCUT2D eigenvalue weighted by atomic mass is 16.5. The quantitative estimate of drug-likeness (QED) is 0.672. The highest BCUT2D eigenvalue weighted by Crippen LogP contribution is 2.34. The standard InChI is InChI=1S/C11H17NO/c1-11(2,3)8-6-5-7-9(12)10(8)13-4/h5-7H,12H2,1-4H3. The van der Waals surface area contributed by atoms with Crippen molar-refractivity contribution in [2.75, 3.05) is 12.8 Å². The first-order valence-corrected chi connectivity index (χ1v) is 4.40. The lowest BCUT2D eigenvalue weighted by Crippen LogP contribution is -2.13. The van der Waals surface area contributed by atoms with Crippen LogP contribution in [0.3, 0.4) is 0 Å². The third-order valence-electron chi connectivity index (χ3n) is 2.06. The minimum Gasteiger partial charge on any atom is -0.494 e. The van der Waals surface area contributed by atoms with Gasteiger partial charge in [-0.1, -0.05) is 32.9 Å². The summed E-state index contributed by atoms with van der Waals surface area (Å²) in [5.74, 6) is 0.801. The molecule has 0 atom stereocenters. The normalized spacial score (nSPS) is 11.4. The van der Waals surface area contributed by atoms with Gasteiger partial charge in [0.1, 0.15) is 5.75 Å². The van der Waals surface area contributed by atoms with E-state index in [9.17, 15) is 0 Å². The van der Waals surface area contributed by atoms with Crippen LogP contribution in [0, 0.1) is 0 Å². The van der Waals surface area contributed by atoms with Crippen LogP contribution in [0.5, 0.6) is 5.75 Å². The van der Waals surface area contributed by atoms with Crippen molar-refractivity contribution >= 4 is 5.69 Å². The molecule has 0 heterocycles. The first-order valence-electron chi connectivity index (χ1n) is 4.40. The van der Waals surface area contributed by atoms with Crippen LogP contribution in [0.4, 0.5) is 5.69 Å². The van der Waals surface area contributed by atoms with E-state index in [2.05, 4.69) is 26.8 Å². The van der Waals surface area contributed by atoms with E-state index in [0.717, 1.165) is 11.3 Å². The van der Waals surface area contributed by atoms with Crippen molar-refractivity contribution in [2.45, 2.75) is 26.2 Å². The predicted molar refractivity (Wildman–Crippen MR) is 56.1 cm³/mol. The smallest absolute Gasteiger partial charge is 0.145 e. The fourth-order valence-electron chi connectivity index (χ4n) is 1.37. The molecule has 2 heteroatoms. The number of nitrogen functional groups attached to an aromatic ring is 1. The first-order chi connectivity index (χ1) is 5.96. The third kappa shape index (κ3) is 1.94. The molecule has 0 aliphatic carbocycles. The maximum absolute atomic E-state index is 5.80. The Hall–Kier alpha value is -1.18. The summed E-state index contributed by atoms with van der Waals surface area (Å²) >= 11 is 0. The monoisotopic (exact) mass is 179 g/mol. The number of benzene rings is 1. The summed E-state index contributed by atoms with van der Waals surface area (Å²) in [6.07, 6.45) is 0.